The molecule has 0 bridgehead atoms. The maximum atomic E-state index is 11.1. The number of nitrogen functional groups attached to an aromatic ring is 1. The molecule has 0 fully saturated rings. The first-order valence-electron chi connectivity index (χ1n) is 6.11. The molecule has 3 N–H and O–H groups in total. The van der Waals surface area contributed by atoms with Gasteiger partial charge in [-0.15, -0.1) is 0 Å². The molecule has 8 heteroatoms. The van der Waals surface area contributed by atoms with E-state index >= 15 is 0 Å². The van der Waals surface area contributed by atoms with Gasteiger partial charge in [-0.1, -0.05) is 0 Å². The SMILES string of the molecule is CCOC(=O)CCCNc1nc(N)nc(N(C)C)n1. The van der Waals surface area contributed by atoms with Crippen LogP contribution in [0, 0.1) is 0 Å². The van der Waals surface area contributed by atoms with Crippen molar-refractivity contribution in [1.82, 2.24) is 15.0 Å². The van der Waals surface area contributed by atoms with Crippen LogP contribution in [0.3, 0.4) is 0 Å². The van der Waals surface area contributed by atoms with Crippen LogP contribution in [0.25, 0.3) is 0 Å². The molecule has 0 amide bonds. The van der Waals surface area contributed by atoms with Gasteiger partial charge in [0.25, 0.3) is 0 Å². The summed E-state index contributed by atoms with van der Waals surface area (Å²) in [6, 6.07) is 0. The zero-order valence-corrected chi connectivity index (χ0v) is 11.5. The fourth-order valence-corrected chi connectivity index (χ4v) is 1.33. The lowest BCUT2D eigenvalue weighted by atomic mass is 10.3. The lowest BCUT2D eigenvalue weighted by Crippen LogP contribution is -2.17. The van der Waals surface area contributed by atoms with Crippen LogP contribution in [0.15, 0.2) is 0 Å². The topological polar surface area (TPSA) is 106 Å². The van der Waals surface area contributed by atoms with E-state index in [1.807, 2.05) is 14.1 Å². The Hall–Kier alpha value is -2.12. The van der Waals surface area contributed by atoms with Gasteiger partial charge in [0.05, 0.1) is 6.61 Å². The van der Waals surface area contributed by atoms with Crippen molar-refractivity contribution in [3.05, 3.63) is 0 Å². The van der Waals surface area contributed by atoms with Crippen LogP contribution in [0.1, 0.15) is 19.8 Å². The molecule has 0 saturated carbocycles. The largest absolute Gasteiger partial charge is 0.466 e. The van der Waals surface area contributed by atoms with Gasteiger partial charge in [-0.2, -0.15) is 15.0 Å². The van der Waals surface area contributed by atoms with Gasteiger partial charge in [-0.05, 0) is 13.3 Å². The van der Waals surface area contributed by atoms with E-state index < -0.39 is 0 Å². The summed E-state index contributed by atoms with van der Waals surface area (Å²) >= 11 is 0. The lowest BCUT2D eigenvalue weighted by molar-refractivity contribution is -0.143. The summed E-state index contributed by atoms with van der Waals surface area (Å²) in [5.74, 6) is 0.848. The highest BCUT2D eigenvalue weighted by Crippen LogP contribution is 2.09. The molecule has 0 atom stereocenters. The van der Waals surface area contributed by atoms with Gasteiger partial charge in [0, 0.05) is 27.1 Å². The molecule has 0 unspecified atom stereocenters. The molecule has 106 valence electrons. The van der Waals surface area contributed by atoms with Crippen molar-refractivity contribution in [1.29, 1.82) is 0 Å². The Bertz CT molecular complexity index is 424. The summed E-state index contributed by atoms with van der Waals surface area (Å²) in [4.78, 5) is 25.0. The van der Waals surface area contributed by atoms with E-state index in [9.17, 15) is 4.79 Å². The number of carbonyl (C=O) groups excluding carboxylic acids is 1. The third-order valence-electron chi connectivity index (χ3n) is 2.19. The number of anilines is 3. The van der Waals surface area contributed by atoms with Crippen molar-refractivity contribution in [2.24, 2.45) is 0 Å². The van der Waals surface area contributed by atoms with E-state index in [1.165, 1.54) is 0 Å². The first kappa shape index (κ1) is 14.9. The monoisotopic (exact) mass is 268 g/mol. The maximum Gasteiger partial charge on any atom is 0.305 e. The van der Waals surface area contributed by atoms with Crippen molar-refractivity contribution < 1.29 is 9.53 Å². The van der Waals surface area contributed by atoms with Crippen LogP contribution in [0.2, 0.25) is 0 Å². The normalized spacial score (nSPS) is 10.1. The number of nitrogens with two attached hydrogens (primary N) is 1. The van der Waals surface area contributed by atoms with E-state index in [0.717, 1.165) is 0 Å². The summed E-state index contributed by atoms with van der Waals surface area (Å²) in [6.45, 7) is 2.75. The molecular weight excluding hydrogens is 248 g/mol. The molecule has 1 aromatic rings. The Kier molecular flexibility index (Phi) is 5.77. The second kappa shape index (κ2) is 7.34. The van der Waals surface area contributed by atoms with E-state index in [2.05, 4.69) is 20.3 Å². The van der Waals surface area contributed by atoms with Gasteiger partial charge in [0.2, 0.25) is 17.8 Å². The first-order valence-corrected chi connectivity index (χ1v) is 6.11. The molecule has 0 spiro atoms. The summed E-state index contributed by atoms with van der Waals surface area (Å²) in [6.07, 6.45) is 1.00. The number of esters is 1. The predicted molar refractivity (Wildman–Crippen MR) is 72.9 cm³/mol. The molecule has 0 aliphatic rings. The Balaban J connectivity index is 2.43. The van der Waals surface area contributed by atoms with Gasteiger partial charge in [-0.25, -0.2) is 0 Å². The Morgan fingerprint density at radius 2 is 2.11 bits per heavy atom. The molecule has 0 saturated heterocycles. The number of aromatic nitrogens is 3. The second-order valence-electron chi connectivity index (χ2n) is 4.05. The summed E-state index contributed by atoms with van der Waals surface area (Å²) in [5, 5.41) is 3.00. The summed E-state index contributed by atoms with van der Waals surface area (Å²) in [7, 11) is 3.64. The number of nitrogens with one attached hydrogen (secondary N) is 1. The highest BCUT2D eigenvalue weighted by Gasteiger charge is 2.06. The predicted octanol–water partition coefficient (Wildman–Crippen LogP) is 0.275. The highest BCUT2D eigenvalue weighted by molar-refractivity contribution is 5.69. The highest BCUT2D eigenvalue weighted by atomic mass is 16.5. The number of nitrogens with zero attached hydrogens (tertiary/aromatic N) is 4. The van der Waals surface area contributed by atoms with Crippen LogP contribution in [0.5, 0.6) is 0 Å². The van der Waals surface area contributed by atoms with Crippen LogP contribution >= 0.6 is 0 Å². The standard InChI is InChI=1S/C11H20N6O2/c1-4-19-8(18)6-5-7-13-10-14-9(12)15-11(16-10)17(2)3/h4-7H2,1-3H3,(H3,12,13,14,15,16). The van der Waals surface area contributed by atoms with Crippen LogP contribution in [0.4, 0.5) is 17.8 Å². The molecule has 19 heavy (non-hydrogen) atoms. The van der Waals surface area contributed by atoms with Crippen molar-refractivity contribution in [2.75, 3.05) is 43.2 Å². The van der Waals surface area contributed by atoms with E-state index in [4.69, 9.17) is 10.5 Å². The van der Waals surface area contributed by atoms with Crippen LogP contribution < -0.4 is 16.0 Å². The average Bonchev–Trinajstić information content (AvgIpc) is 2.34. The van der Waals surface area contributed by atoms with E-state index in [1.54, 1.807) is 11.8 Å². The Morgan fingerprint density at radius 1 is 1.37 bits per heavy atom. The van der Waals surface area contributed by atoms with Crippen molar-refractivity contribution in [2.45, 2.75) is 19.8 Å². The minimum atomic E-state index is -0.201. The fraction of sp³-hybridized carbons (Fsp3) is 0.636. The zero-order valence-electron chi connectivity index (χ0n) is 11.5. The Labute approximate surface area is 112 Å². The number of rotatable bonds is 7. The quantitative estimate of drug-likeness (QED) is 0.536. The van der Waals surface area contributed by atoms with E-state index in [0.29, 0.717) is 37.9 Å². The van der Waals surface area contributed by atoms with Crippen molar-refractivity contribution >= 4 is 23.8 Å². The van der Waals surface area contributed by atoms with Crippen LogP contribution in [-0.2, 0) is 9.53 Å². The molecule has 0 aromatic carbocycles. The molecule has 0 aliphatic carbocycles. The van der Waals surface area contributed by atoms with E-state index in [-0.39, 0.29) is 11.9 Å². The molecule has 1 rings (SSSR count). The number of ether oxygens (including phenoxy) is 1. The maximum absolute atomic E-state index is 11.1. The van der Waals surface area contributed by atoms with Crippen molar-refractivity contribution in [3.8, 4) is 0 Å². The summed E-state index contributed by atoms with van der Waals surface area (Å²) in [5.41, 5.74) is 5.59. The van der Waals surface area contributed by atoms with Gasteiger partial charge in [0.15, 0.2) is 0 Å². The number of hydrogen-bond donors (Lipinski definition) is 2. The number of hydrogen-bond acceptors (Lipinski definition) is 8. The molecular formula is C11H20N6O2. The molecule has 0 radical (unpaired) electrons. The molecule has 1 heterocycles. The zero-order chi connectivity index (χ0) is 14.3. The third-order valence-corrected chi connectivity index (χ3v) is 2.19. The third kappa shape index (κ3) is 5.36. The summed E-state index contributed by atoms with van der Waals surface area (Å²) < 4.78 is 4.83. The minimum Gasteiger partial charge on any atom is -0.466 e. The molecule has 0 aliphatic heterocycles. The van der Waals surface area contributed by atoms with Crippen LogP contribution in [-0.4, -0.2) is 48.2 Å². The average molecular weight is 268 g/mol. The first-order chi connectivity index (χ1) is 9.02. The lowest BCUT2D eigenvalue weighted by Gasteiger charge is -2.12. The second-order valence-corrected chi connectivity index (χ2v) is 4.05. The molecule has 1 aromatic heterocycles. The fourth-order valence-electron chi connectivity index (χ4n) is 1.33. The van der Waals surface area contributed by atoms with Gasteiger partial charge in [-0.3, -0.25) is 4.79 Å². The minimum absolute atomic E-state index is 0.159. The molecule has 8 nitrogen and oxygen atoms in total. The van der Waals surface area contributed by atoms with Gasteiger partial charge in [0.1, 0.15) is 0 Å². The smallest absolute Gasteiger partial charge is 0.305 e. The number of carbonyl (C=O) groups is 1. The van der Waals surface area contributed by atoms with Gasteiger partial charge >= 0.3 is 5.97 Å². The Morgan fingerprint density at radius 3 is 2.74 bits per heavy atom. The van der Waals surface area contributed by atoms with Crippen molar-refractivity contribution in [3.63, 3.8) is 0 Å². The van der Waals surface area contributed by atoms with Gasteiger partial charge < -0.3 is 20.7 Å².